The zero-order chi connectivity index (χ0) is 9.72. The summed E-state index contributed by atoms with van der Waals surface area (Å²) in [5, 5.41) is 0. The molecule has 0 unspecified atom stereocenters. The highest BCUT2D eigenvalue weighted by molar-refractivity contribution is 5.92. The van der Waals surface area contributed by atoms with E-state index in [1.54, 1.807) is 12.2 Å². The highest BCUT2D eigenvalue weighted by Gasteiger charge is 1.97. The molecule has 0 radical (unpaired) electrons. The van der Waals surface area contributed by atoms with Crippen molar-refractivity contribution in [2.24, 2.45) is 5.73 Å². The fourth-order valence-electron chi connectivity index (χ4n) is 0.677. The van der Waals surface area contributed by atoms with Gasteiger partial charge < -0.3 is 5.73 Å². The smallest absolute Gasteiger partial charge is 0.175 e. The quantitative estimate of drug-likeness (QED) is 0.513. The topological polar surface area (TPSA) is 43.1 Å². The molecule has 0 aromatic carbocycles. The number of hydrogen-bond donors (Lipinski definition) is 1. The van der Waals surface area contributed by atoms with Crippen molar-refractivity contribution < 1.29 is 4.79 Å². The van der Waals surface area contributed by atoms with Gasteiger partial charge in [-0.15, -0.1) is 0 Å². The van der Waals surface area contributed by atoms with Crippen LogP contribution in [0, 0.1) is 0 Å². The first-order chi connectivity index (χ1) is 5.49. The van der Waals surface area contributed by atoms with Gasteiger partial charge >= 0.3 is 0 Å². The monoisotopic (exact) mass is 165 g/mol. The normalized spacial score (nSPS) is 10.8. The van der Waals surface area contributed by atoms with Gasteiger partial charge in [-0.05, 0) is 25.5 Å². The van der Waals surface area contributed by atoms with Crippen molar-refractivity contribution in [3.8, 4) is 0 Å². The maximum absolute atomic E-state index is 10.8. The summed E-state index contributed by atoms with van der Waals surface area (Å²) in [5.41, 5.74) is 7.73. The molecule has 0 saturated carbocycles. The molecule has 0 aliphatic rings. The Morgan fingerprint density at radius 3 is 2.08 bits per heavy atom. The van der Waals surface area contributed by atoms with Crippen LogP contribution in [0.4, 0.5) is 0 Å². The van der Waals surface area contributed by atoms with Gasteiger partial charge in [0.2, 0.25) is 0 Å². The molecule has 0 aliphatic carbocycles. The van der Waals surface area contributed by atoms with Crippen LogP contribution in [0.2, 0.25) is 0 Å². The number of carbonyl (C=O) groups excluding carboxylic acids is 1. The highest BCUT2D eigenvalue weighted by Crippen LogP contribution is 2.07. The Kier molecular flexibility index (Phi) is 4.05. The second kappa shape index (κ2) is 4.54. The predicted molar refractivity (Wildman–Crippen MR) is 51.5 cm³/mol. The lowest BCUT2D eigenvalue weighted by atomic mass is 10.1. The number of rotatable bonds is 3. The Balaban J connectivity index is 4.84. The van der Waals surface area contributed by atoms with E-state index in [1.165, 1.54) is 6.92 Å². The Hall–Kier alpha value is -1.31. The number of Topliss-reactive ketones (excluding diaryl/α,β-unsaturated/α-hetero) is 1. The SMILES string of the molecule is C=CC(/C=C(\N)C(C)=O)=C(C)C. The molecular formula is C10H15NO. The third-order valence-corrected chi connectivity index (χ3v) is 1.51. The van der Waals surface area contributed by atoms with Gasteiger partial charge in [-0.3, -0.25) is 4.79 Å². The highest BCUT2D eigenvalue weighted by atomic mass is 16.1. The summed E-state index contributed by atoms with van der Waals surface area (Å²) in [5.74, 6) is -0.115. The maximum atomic E-state index is 10.8. The summed E-state index contributed by atoms with van der Waals surface area (Å²) in [6.45, 7) is 8.96. The van der Waals surface area contributed by atoms with Crippen molar-refractivity contribution in [1.82, 2.24) is 0 Å². The van der Waals surface area contributed by atoms with E-state index in [0.717, 1.165) is 11.1 Å². The molecule has 12 heavy (non-hydrogen) atoms. The number of ketones is 1. The number of nitrogens with two attached hydrogens (primary N) is 1. The van der Waals surface area contributed by atoms with Crippen molar-refractivity contribution in [2.75, 3.05) is 0 Å². The van der Waals surface area contributed by atoms with E-state index in [4.69, 9.17) is 5.73 Å². The fraction of sp³-hybridized carbons (Fsp3) is 0.300. The van der Waals surface area contributed by atoms with Gasteiger partial charge in [0.15, 0.2) is 5.78 Å². The summed E-state index contributed by atoms with van der Waals surface area (Å²) in [4.78, 5) is 10.8. The van der Waals surface area contributed by atoms with Crippen LogP contribution >= 0.6 is 0 Å². The molecule has 0 atom stereocenters. The Morgan fingerprint density at radius 2 is 1.83 bits per heavy atom. The molecule has 0 spiro atoms. The second-order valence-electron chi connectivity index (χ2n) is 2.82. The van der Waals surface area contributed by atoms with Gasteiger partial charge in [0.1, 0.15) is 0 Å². The van der Waals surface area contributed by atoms with E-state index in [9.17, 15) is 4.79 Å². The van der Waals surface area contributed by atoms with Crippen LogP contribution in [0.25, 0.3) is 0 Å². The third kappa shape index (κ3) is 3.19. The molecule has 2 nitrogen and oxygen atoms in total. The molecule has 2 N–H and O–H groups in total. The molecule has 0 fully saturated rings. The molecule has 0 heterocycles. The van der Waals surface area contributed by atoms with Gasteiger partial charge in [-0.1, -0.05) is 18.2 Å². The van der Waals surface area contributed by atoms with E-state index in [0.29, 0.717) is 0 Å². The second-order valence-corrected chi connectivity index (χ2v) is 2.82. The first-order valence-electron chi connectivity index (χ1n) is 3.77. The Morgan fingerprint density at radius 1 is 1.33 bits per heavy atom. The van der Waals surface area contributed by atoms with Gasteiger partial charge in [0.05, 0.1) is 5.70 Å². The van der Waals surface area contributed by atoms with Crippen molar-refractivity contribution in [2.45, 2.75) is 20.8 Å². The van der Waals surface area contributed by atoms with Crippen LogP contribution in [-0.4, -0.2) is 5.78 Å². The van der Waals surface area contributed by atoms with Crippen LogP contribution < -0.4 is 5.73 Å². The summed E-state index contributed by atoms with van der Waals surface area (Å²) < 4.78 is 0. The van der Waals surface area contributed by atoms with E-state index >= 15 is 0 Å². The number of hydrogen-bond acceptors (Lipinski definition) is 2. The van der Waals surface area contributed by atoms with Gasteiger partial charge in [0, 0.05) is 6.92 Å². The summed E-state index contributed by atoms with van der Waals surface area (Å²) in [6, 6.07) is 0. The van der Waals surface area contributed by atoms with Crippen LogP contribution in [-0.2, 0) is 4.79 Å². The number of allylic oxidation sites excluding steroid dienone is 5. The zero-order valence-electron chi connectivity index (χ0n) is 7.85. The lowest BCUT2D eigenvalue weighted by Gasteiger charge is -1.99. The minimum atomic E-state index is -0.115. The average molecular weight is 165 g/mol. The van der Waals surface area contributed by atoms with Crippen LogP contribution in [0.1, 0.15) is 20.8 Å². The fourth-order valence-corrected chi connectivity index (χ4v) is 0.677. The first-order valence-corrected chi connectivity index (χ1v) is 3.77. The van der Waals surface area contributed by atoms with Crippen LogP contribution in [0.15, 0.2) is 35.6 Å². The minimum absolute atomic E-state index is 0.115. The largest absolute Gasteiger partial charge is 0.396 e. The van der Waals surface area contributed by atoms with E-state index in [2.05, 4.69) is 6.58 Å². The van der Waals surface area contributed by atoms with E-state index in [-0.39, 0.29) is 11.5 Å². The lowest BCUT2D eigenvalue weighted by molar-refractivity contribution is -0.113. The van der Waals surface area contributed by atoms with Gasteiger partial charge in [-0.2, -0.15) is 0 Å². The Bertz CT molecular complexity index is 255. The van der Waals surface area contributed by atoms with Crippen molar-refractivity contribution >= 4 is 5.78 Å². The van der Waals surface area contributed by atoms with E-state index in [1.807, 2.05) is 13.8 Å². The minimum Gasteiger partial charge on any atom is -0.396 e. The van der Waals surface area contributed by atoms with Crippen molar-refractivity contribution in [3.63, 3.8) is 0 Å². The summed E-state index contributed by atoms with van der Waals surface area (Å²) in [7, 11) is 0. The third-order valence-electron chi connectivity index (χ3n) is 1.51. The first kappa shape index (κ1) is 10.7. The van der Waals surface area contributed by atoms with Crippen LogP contribution in [0.3, 0.4) is 0 Å². The molecule has 2 heteroatoms. The molecule has 0 aliphatic heterocycles. The molecule has 0 bridgehead atoms. The summed E-state index contributed by atoms with van der Waals surface area (Å²) in [6.07, 6.45) is 3.33. The average Bonchev–Trinajstić information content (AvgIpc) is 1.98. The Labute approximate surface area is 73.5 Å². The van der Waals surface area contributed by atoms with Gasteiger partial charge in [0.25, 0.3) is 0 Å². The molecule has 0 aromatic heterocycles. The number of carbonyl (C=O) groups is 1. The molecule has 66 valence electrons. The molecule has 0 aromatic rings. The maximum Gasteiger partial charge on any atom is 0.175 e. The van der Waals surface area contributed by atoms with E-state index < -0.39 is 0 Å². The zero-order valence-corrected chi connectivity index (χ0v) is 7.85. The lowest BCUT2D eigenvalue weighted by Crippen LogP contribution is -2.07. The molecule has 0 saturated heterocycles. The van der Waals surface area contributed by atoms with Crippen molar-refractivity contribution in [1.29, 1.82) is 0 Å². The molecule has 0 rings (SSSR count). The standard InChI is InChI=1S/C10H15NO/c1-5-9(7(2)3)6-10(11)8(4)12/h5-6H,1,11H2,2-4H3/b10-6-. The van der Waals surface area contributed by atoms with Gasteiger partial charge in [-0.25, -0.2) is 0 Å². The van der Waals surface area contributed by atoms with Crippen molar-refractivity contribution in [3.05, 3.63) is 35.6 Å². The van der Waals surface area contributed by atoms with Crippen LogP contribution in [0.5, 0.6) is 0 Å². The predicted octanol–water partition coefficient (Wildman–Crippen LogP) is 1.94. The summed E-state index contributed by atoms with van der Waals surface area (Å²) >= 11 is 0. The molecule has 0 amide bonds. The molecular weight excluding hydrogens is 150 g/mol.